The Bertz CT molecular complexity index is 438. The molecule has 0 spiro atoms. The number of nitrogens with two attached hydrogens (primary N) is 1. The Morgan fingerprint density at radius 1 is 1.72 bits per heavy atom. The third-order valence-electron chi connectivity index (χ3n) is 3.07. The van der Waals surface area contributed by atoms with E-state index >= 15 is 0 Å². The van der Waals surface area contributed by atoms with E-state index < -0.39 is 4.92 Å². The minimum Gasteiger partial charge on any atom is -0.376 e. The first-order valence-corrected chi connectivity index (χ1v) is 5.85. The molecule has 1 saturated carbocycles. The van der Waals surface area contributed by atoms with Gasteiger partial charge in [0, 0.05) is 18.8 Å². The van der Waals surface area contributed by atoms with Crippen LogP contribution >= 0.6 is 0 Å². The minimum absolute atomic E-state index is 0.0118. The summed E-state index contributed by atoms with van der Waals surface area (Å²) in [6.07, 6.45) is 3.51. The molecule has 98 valence electrons. The monoisotopic (exact) mass is 252 g/mol. The molecule has 1 aliphatic carbocycles. The summed E-state index contributed by atoms with van der Waals surface area (Å²) >= 11 is 0. The summed E-state index contributed by atoms with van der Waals surface area (Å²) in [6, 6.07) is 1.44. The van der Waals surface area contributed by atoms with E-state index in [1.54, 1.807) is 6.07 Å². The van der Waals surface area contributed by atoms with Crippen LogP contribution in [-0.2, 0) is 4.74 Å². The van der Waals surface area contributed by atoms with Gasteiger partial charge >= 0.3 is 5.69 Å². The number of nitrogens with zero attached hydrogens (tertiary/aromatic N) is 2. The molecule has 1 aromatic rings. The lowest BCUT2D eigenvalue weighted by Crippen LogP contribution is -2.60. The van der Waals surface area contributed by atoms with Crippen LogP contribution in [0.1, 0.15) is 13.3 Å². The Kier molecular flexibility index (Phi) is 3.73. The molecule has 0 bridgehead atoms. The van der Waals surface area contributed by atoms with Gasteiger partial charge < -0.3 is 15.8 Å². The van der Waals surface area contributed by atoms with Crippen molar-refractivity contribution >= 4 is 11.4 Å². The van der Waals surface area contributed by atoms with Gasteiger partial charge in [-0.05, 0) is 19.4 Å². The number of nitrogens with one attached hydrogen (secondary N) is 1. The summed E-state index contributed by atoms with van der Waals surface area (Å²) in [5, 5.41) is 13.9. The number of nitro groups is 1. The summed E-state index contributed by atoms with van der Waals surface area (Å²) in [4.78, 5) is 14.1. The molecule has 1 aliphatic rings. The highest BCUT2D eigenvalue weighted by molar-refractivity contribution is 5.60. The van der Waals surface area contributed by atoms with Crippen LogP contribution in [0.3, 0.4) is 0 Å². The maximum Gasteiger partial charge on any atom is 0.310 e. The summed E-state index contributed by atoms with van der Waals surface area (Å²) in [5.41, 5.74) is 6.27. The lowest BCUT2D eigenvalue weighted by atomic mass is 9.83. The summed E-state index contributed by atoms with van der Waals surface area (Å²) in [7, 11) is 0. The predicted molar refractivity (Wildman–Crippen MR) is 66.3 cm³/mol. The zero-order valence-corrected chi connectivity index (χ0v) is 10.1. The number of hydrogen-bond donors (Lipinski definition) is 2. The Morgan fingerprint density at radius 2 is 2.50 bits per heavy atom. The zero-order chi connectivity index (χ0) is 13.1. The van der Waals surface area contributed by atoms with Crippen LogP contribution in [0.5, 0.6) is 0 Å². The highest BCUT2D eigenvalue weighted by Crippen LogP contribution is 2.30. The van der Waals surface area contributed by atoms with E-state index in [0.717, 1.165) is 6.42 Å². The molecule has 1 fully saturated rings. The molecule has 0 amide bonds. The zero-order valence-electron chi connectivity index (χ0n) is 10.1. The van der Waals surface area contributed by atoms with Crippen molar-refractivity contribution in [3.8, 4) is 0 Å². The number of anilines is 1. The van der Waals surface area contributed by atoms with Crippen molar-refractivity contribution in [3.05, 3.63) is 28.6 Å². The molecule has 3 atom stereocenters. The van der Waals surface area contributed by atoms with E-state index in [4.69, 9.17) is 10.5 Å². The molecule has 7 nitrogen and oxygen atoms in total. The smallest absolute Gasteiger partial charge is 0.310 e. The number of ether oxygens (including phenoxy) is 1. The molecule has 1 heterocycles. The number of aromatic nitrogens is 1. The third-order valence-corrected chi connectivity index (χ3v) is 3.07. The maximum atomic E-state index is 10.9. The Balaban J connectivity index is 2.11. The van der Waals surface area contributed by atoms with Crippen LogP contribution < -0.4 is 11.1 Å². The largest absolute Gasteiger partial charge is 0.376 e. The molecule has 1 aromatic heterocycles. The molecule has 7 heteroatoms. The van der Waals surface area contributed by atoms with Crippen LogP contribution in [0.25, 0.3) is 0 Å². The summed E-state index contributed by atoms with van der Waals surface area (Å²) in [6.45, 7) is 2.52. The molecule has 0 aliphatic heterocycles. The number of rotatable bonds is 5. The van der Waals surface area contributed by atoms with Crippen molar-refractivity contribution in [3.63, 3.8) is 0 Å². The molecule has 18 heavy (non-hydrogen) atoms. The van der Waals surface area contributed by atoms with Crippen molar-refractivity contribution < 1.29 is 9.66 Å². The Morgan fingerprint density at radius 3 is 3.11 bits per heavy atom. The third kappa shape index (κ3) is 2.41. The molecule has 3 unspecified atom stereocenters. The van der Waals surface area contributed by atoms with E-state index in [2.05, 4.69) is 10.3 Å². The van der Waals surface area contributed by atoms with Gasteiger partial charge in [0.2, 0.25) is 0 Å². The second-order valence-corrected chi connectivity index (χ2v) is 4.21. The van der Waals surface area contributed by atoms with Gasteiger partial charge in [0.05, 0.1) is 17.1 Å². The first kappa shape index (κ1) is 12.7. The fraction of sp³-hybridized carbons (Fsp3) is 0.545. The van der Waals surface area contributed by atoms with Gasteiger partial charge in [-0.25, -0.2) is 0 Å². The van der Waals surface area contributed by atoms with Gasteiger partial charge in [-0.3, -0.25) is 15.1 Å². The number of hydrogen-bond acceptors (Lipinski definition) is 6. The average Bonchev–Trinajstić information content (AvgIpc) is 2.36. The first-order valence-electron chi connectivity index (χ1n) is 5.85. The quantitative estimate of drug-likeness (QED) is 0.596. The van der Waals surface area contributed by atoms with Crippen LogP contribution in [-0.4, -0.2) is 34.7 Å². The van der Waals surface area contributed by atoms with Crippen molar-refractivity contribution in [2.75, 3.05) is 11.9 Å². The van der Waals surface area contributed by atoms with Crippen molar-refractivity contribution in [2.24, 2.45) is 5.73 Å². The standard InChI is InChI=1S/C11H16N4O3/c1-2-18-10-5-7(12)11(10)14-8-3-4-13-6-9(8)15(16)17/h3-4,6-7,10-11H,2,5,12H2,1H3,(H,13,14). The van der Waals surface area contributed by atoms with Gasteiger partial charge in [0.15, 0.2) is 0 Å². The van der Waals surface area contributed by atoms with E-state index in [0.29, 0.717) is 12.3 Å². The molecule has 0 saturated heterocycles. The van der Waals surface area contributed by atoms with Crippen LogP contribution in [0.2, 0.25) is 0 Å². The fourth-order valence-electron chi connectivity index (χ4n) is 2.06. The average molecular weight is 252 g/mol. The Labute approximate surface area is 104 Å². The molecular formula is C11H16N4O3. The molecule has 2 rings (SSSR count). The normalized spacial score (nSPS) is 26.4. The number of pyridine rings is 1. The van der Waals surface area contributed by atoms with Gasteiger partial charge in [0.25, 0.3) is 0 Å². The molecule has 3 N–H and O–H groups in total. The van der Waals surface area contributed by atoms with E-state index in [-0.39, 0.29) is 23.9 Å². The second-order valence-electron chi connectivity index (χ2n) is 4.21. The van der Waals surface area contributed by atoms with Gasteiger partial charge in [-0.1, -0.05) is 0 Å². The highest BCUT2D eigenvalue weighted by atomic mass is 16.6. The van der Waals surface area contributed by atoms with E-state index in [9.17, 15) is 10.1 Å². The van der Waals surface area contributed by atoms with Gasteiger partial charge in [0.1, 0.15) is 11.9 Å². The van der Waals surface area contributed by atoms with Crippen LogP contribution in [0.4, 0.5) is 11.4 Å². The first-order chi connectivity index (χ1) is 8.63. The van der Waals surface area contributed by atoms with Gasteiger partial charge in [-0.15, -0.1) is 0 Å². The lowest BCUT2D eigenvalue weighted by Gasteiger charge is -2.42. The van der Waals surface area contributed by atoms with Gasteiger partial charge in [-0.2, -0.15) is 0 Å². The Hall–Kier alpha value is -1.73. The minimum atomic E-state index is -0.463. The van der Waals surface area contributed by atoms with Crippen molar-refractivity contribution in [2.45, 2.75) is 31.5 Å². The van der Waals surface area contributed by atoms with Crippen LogP contribution in [0, 0.1) is 10.1 Å². The van der Waals surface area contributed by atoms with Crippen molar-refractivity contribution in [1.29, 1.82) is 0 Å². The van der Waals surface area contributed by atoms with Crippen molar-refractivity contribution in [1.82, 2.24) is 4.98 Å². The van der Waals surface area contributed by atoms with E-state index in [1.807, 2.05) is 6.92 Å². The maximum absolute atomic E-state index is 10.9. The summed E-state index contributed by atoms with van der Waals surface area (Å²) in [5.74, 6) is 0. The highest BCUT2D eigenvalue weighted by Gasteiger charge is 2.40. The summed E-state index contributed by atoms with van der Waals surface area (Å²) < 4.78 is 5.51. The second kappa shape index (κ2) is 5.28. The molecular weight excluding hydrogens is 236 g/mol. The SMILES string of the molecule is CCOC1CC(N)C1Nc1ccncc1[N+](=O)[O-]. The van der Waals surface area contributed by atoms with Crippen LogP contribution in [0.15, 0.2) is 18.5 Å². The molecule has 0 radical (unpaired) electrons. The lowest BCUT2D eigenvalue weighted by molar-refractivity contribution is -0.384. The predicted octanol–water partition coefficient (Wildman–Crippen LogP) is 0.906. The fourth-order valence-corrected chi connectivity index (χ4v) is 2.06. The topological polar surface area (TPSA) is 103 Å². The molecule has 0 aromatic carbocycles. The van der Waals surface area contributed by atoms with E-state index in [1.165, 1.54) is 12.4 Å².